The first-order chi connectivity index (χ1) is 51.3. The maximum absolute atomic E-state index is 14.9. The first-order valence-corrected chi connectivity index (χ1v) is 36.0. The molecule has 3 saturated heterocycles. The predicted molar refractivity (Wildman–Crippen MR) is 406 cm³/mol. The highest BCUT2D eigenvalue weighted by Gasteiger charge is 2.54. The summed E-state index contributed by atoms with van der Waals surface area (Å²) in [5, 5.41) is 40.0. The molecule has 3 aromatic carbocycles. The van der Waals surface area contributed by atoms with Crippen LogP contribution in [0.3, 0.4) is 0 Å². The fourth-order valence-electron chi connectivity index (χ4n) is 10.9. The zero-order valence-corrected chi connectivity index (χ0v) is 60.0. The number of aromatic nitrogens is 14. The Labute approximate surface area is 628 Å². The van der Waals surface area contributed by atoms with E-state index >= 15 is 0 Å². The number of nitrogens with zero attached hydrogens (tertiary/aromatic N) is 14. The molecule has 26 nitrogen and oxygen atoms in total. The third-order valence-corrected chi connectivity index (χ3v) is 19.4. The summed E-state index contributed by atoms with van der Waals surface area (Å²) in [4.78, 5) is 80.7. The second-order valence-electron chi connectivity index (χ2n) is 25.4. The molecular weight excluding hydrogens is 1450 g/mol. The summed E-state index contributed by atoms with van der Waals surface area (Å²) in [6.45, 7) is 12.0. The van der Waals surface area contributed by atoms with Gasteiger partial charge in [-0.15, -0.1) is 0 Å². The van der Waals surface area contributed by atoms with Crippen molar-refractivity contribution in [3.63, 3.8) is 0 Å². The largest absolute Gasteiger partial charge is 0.418 e. The number of nitrogens with one attached hydrogen (secondary N) is 9. The van der Waals surface area contributed by atoms with Crippen molar-refractivity contribution in [2.75, 3.05) is 85.9 Å². The molecule has 0 bridgehead atoms. The molecule has 11 heterocycles. The molecule has 0 spiro atoms. The van der Waals surface area contributed by atoms with Crippen LogP contribution in [0.5, 0.6) is 0 Å². The average Bonchev–Trinajstić information content (AvgIpc) is 1.60. The van der Waals surface area contributed by atoms with E-state index in [0.717, 1.165) is 102 Å². The Kier molecular flexibility index (Phi) is 22.2. The van der Waals surface area contributed by atoms with Crippen LogP contribution in [0.4, 0.5) is 100 Å². The topological polar surface area (TPSA) is 322 Å². The van der Waals surface area contributed by atoms with E-state index in [4.69, 9.17) is 4.98 Å². The smallest absolute Gasteiger partial charge is 0.356 e. The van der Waals surface area contributed by atoms with Crippen LogP contribution in [0.2, 0.25) is 0 Å². The van der Waals surface area contributed by atoms with Gasteiger partial charge in [0.2, 0.25) is 5.91 Å². The van der Waals surface area contributed by atoms with Gasteiger partial charge in [-0.25, -0.2) is 34.3 Å². The molecule has 11 aromatic rings. The highest BCUT2D eigenvalue weighted by molar-refractivity contribution is 7.99. The number of carbonyl (C=O) groups excluding carboxylic acids is 3. The number of hydrogen-bond acceptors (Lipinski definition) is 23. The van der Waals surface area contributed by atoms with Crippen molar-refractivity contribution in [1.82, 2.24) is 70.5 Å². The molecule has 0 radical (unpaired) electrons. The summed E-state index contributed by atoms with van der Waals surface area (Å²) in [5.41, 5.74) is 2.71. The van der Waals surface area contributed by atoms with E-state index in [1.54, 1.807) is 54.7 Å². The van der Waals surface area contributed by atoms with Crippen LogP contribution >= 0.6 is 35.3 Å². The molecule has 0 unspecified atom stereocenters. The molecule has 36 heteroatoms. The number of hydrogen-bond donors (Lipinski definition) is 9. The van der Waals surface area contributed by atoms with E-state index in [9.17, 15) is 45.1 Å². The highest BCUT2D eigenvalue weighted by Crippen LogP contribution is 2.48. The van der Waals surface area contributed by atoms with E-state index in [1.165, 1.54) is 53.8 Å². The van der Waals surface area contributed by atoms with Crippen molar-refractivity contribution in [3.05, 3.63) is 185 Å². The van der Waals surface area contributed by atoms with Crippen molar-refractivity contribution in [1.29, 1.82) is 0 Å². The average molecular weight is 1530 g/mol. The molecule has 15 rings (SSSR count). The zero-order valence-electron chi connectivity index (χ0n) is 57.6. The Morgan fingerprint density at radius 2 is 0.935 bits per heavy atom. The van der Waals surface area contributed by atoms with Gasteiger partial charge in [-0.1, -0.05) is 0 Å². The van der Waals surface area contributed by atoms with Crippen molar-refractivity contribution in [3.8, 4) is 0 Å². The first kappa shape index (κ1) is 73.9. The van der Waals surface area contributed by atoms with Gasteiger partial charge in [0.25, 0.3) is 11.8 Å². The van der Waals surface area contributed by atoms with Gasteiger partial charge < -0.3 is 46.6 Å². The molecule has 564 valence electrons. The number of carbonyl (C=O) groups is 3. The van der Waals surface area contributed by atoms with Crippen LogP contribution in [0.1, 0.15) is 89.7 Å². The molecular formula is C71H80F7N23O3S3. The van der Waals surface area contributed by atoms with Crippen LogP contribution in [0, 0.1) is 33.6 Å². The normalized spacial score (nSPS) is 14.4. The number of aromatic amines is 3. The lowest BCUT2D eigenvalue weighted by Gasteiger charge is -2.45. The lowest BCUT2D eigenvalue weighted by molar-refractivity contribution is -0.150. The maximum atomic E-state index is 14.9. The third-order valence-electron chi connectivity index (χ3n) is 16.8. The second-order valence-corrected chi connectivity index (χ2v) is 28.6. The van der Waals surface area contributed by atoms with Crippen LogP contribution in [0.15, 0.2) is 176 Å². The third kappa shape index (κ3) is 20.2. The minimum Gasteiger partial charge on any atom is -0.356 e. The number of amides is 3. The number of alkyl halides is 7. The molecule has 4 fully saturated rings. The number of benzene rings is 3. The van der Waals surface area contributed by atoms with Gasteiger partial charge in [0.1, 0.15) is 47.0 Å². The van der Waals surface area contributed by atoms with E-state index in [-0.39, 0.29) is 39.2 Å². The Balaban J connectivity index is 0.000000229. The molecule has 4 aliphatic rings. The van der Waals surface area contributed by atoms with E-state index in [2.05, 4.69) is 107 Å². The molecule has 1 saturated carbocycles. The predicted octanol–water partition coefficient (Wildman–Crippen LogP) is 16.6. The quantitative estimate of drug-likeness (QED) is 0.0225. The lowest BCUT2D eigenvalue weighted by atomic mass is 9.91. The van der Waals surface area contributed by atoms with Gasteiger partial charge in [0.15, 0.2) is 32.9 Å². The highest BCUT2D eigenvalue weighted by atomic mass is 32.2. The number of H-pyrrole nitrogens is 3. The van der Waals surface area contributed by atoms with Crippen molar-refractivity contribution in [2.45, 2.75) is 108 Å². The van der Waals surface area contributed by atoms with E-state index in [1.807, 2.05) is 93.3 Å². The molecule has 9 N–H and O–H groups in total. The van der Waals surface area contributed by atoms with Crippen LogP contribution in [-0.4, -0.2) is 139 Å². The molecule has 1 aliphatic carbocycles. The standard InChI is InChI=1S/C24H21F3N8OS.C24H24N8OS.C23H23F4N7OS.6H2/c1-14-11-20(34-33-14)30-19-12-21(35-9-2-10-35)32-23(31-19)37-16-5-3-15(4-6-16)29-22(36)17-7-8-28-13-18(17)24(25,26)27;1-15-4-5-17(14-25-15)23(33)26-18-6-8-19(9-7-18)34-24-28-20(27-21-12-16(2)30-31-21)13-22(29-24)32-10-3-11-32;1-13-8-18(33-32-13)29-17-9-19(34-11-22(24,12-34)14-2-3-14)31-21(30-17)36-16-6-4-15(5-7-16)28-20(35)10-23(25,26)27;;;;;;/h3-8,11-13H,2,9-10H2,1H3,(H,29,36)(H2,30,31,32,33,34);4-9,12-14H,3,10-11H2,1-2H3,(H,26,33)(H2,27,28,29,30,31);4-9,14H,2-3,10-12H2,1H3,(H,28,35)(H2,29,30,31,32,33);6*1H. The maximum Gasteiger partial charge on any atom is 0.418 e. The number of aryl methyl sites for hydroxylation is 4. The van der Waals surface area contributed by atoms with E-state index < -0.39 is 47.4 Å². The van der Waals surface area contributed by atoms with E-state index in [0.29, 0.717) is 84.2 Å². The van der Waals surface area contributed by atoms with Crippen molar-refractivity contribution in [2.24, 2.45) is 5.92 Å². The number of halogens is 7. The Morgan fingerprint density at radius 1 is 0.514 bits per heavy atom. The van der Waals surface area contributed by atoms with Crippen molar-refractivity contribution >= 4 is 122 Å². The van der Waals surface area contributed by atoms with Gasteiger partial charge in [0.05, 0.1) is 29.8 Å². The van der Waals surface area contributed by atoms with Gasteiger partial charge in [-0.3, -0.25) is 39.6 Å². The summed E-state index contributed by atoms with van der Waals surface area (Å²) in [7, 11) is 0. The molecule has 107 heavy (non-hydrogen) atoms. The summed E-state index contributed by atoms with van der Waals surface area (Å²) >= 11 is 4.03. The number of rotatable bonds is 22. The fourth-order valence-corrected chi connectivity index (χ4v) is 13.2. The molecule has 0 atom stereocenters. The zero-order chi connectivity index (χ0) is 75.0. The van der Waals surface area contributed by atoms with Gasteiger partial charge in [-0.05, 0) is 186 Å². The lowest BCUT2D eigenvalue weighted by Crippen LogP contribution is -2.60. The minimum atomic E-state index is -4.68. The molecule has 3 aliphatic heterocycles. The SMILES string of the molecule is Cc1cc(Nc2cc(N3CC(F)(C4CC4)C3)nc(Sc3ccc(NC(=O)CC(F)(F)F)cc3)n2)n[nH]1.Cc1cc(Nc2cc(N3CCC3)nc(Sc3ccc(NC(=O)c4ccncc4C(F)(F)F)cc3)n2)n[nH]1.Cc1ccc(C(=O)Nc2ccc(Sc3nc(Nc4cc(C)[nH]n4)cc(N4CCC4)n3)cc2)cn1.[HH].[HH].[HH].[HH].[HH].[HH]. The summed E-state index contributed by atoms with van der Waals surface area (Å²) in [5.74, 6) is 3.96. The summed E-state index contributed by atoms with van der Waals surface area (Å²) in [6, 6.07) is 36.5. The second kappa shape index (κ2) is 32.1. The Hall–Kier alpha value is -11.4. The van der Waals surface area contributed by atoms with Crippen LogP contribution in [0.25, 0.3) is 0 Å². The monoisotopic (exact) mass is 1530 g/mol. The van der Waals surface area contributed by atoms with Gasteiger partial charge in [0, 0.05) is 144 Å². The Morgan fingerprint density at radius 3 is 1.30 bits per heavy atom. The summed E-state index contributed by atoms with van der Waals surface area (Å²) < 4.78 is 91.7. The first-order valence-electron chi connectivity index (χ1n) is 33.6. The minimum absolute atomic E-state index is 0. The van der Waals surface area contributed by atoms with Gasteiger partial charge >= 0.3 is 12.4 Å². The van der Waals surface area contributed by atoms with Gasteiger partial charge in [-0.2, -0.15) is 41.6 Å². The molecule has 8 aromatic heterocycles. The summed E-state index contributed by atoms with van der Waals surface area (Å²) in [6.07, 6.45) is -3.33. The molecule has 3 amide bonds. The van der Waals surface area contributed by atoms with Crippen LogP contribution in [-0.2, 0) is 11.0 Å². The van der Waals surface area contributed by atoms with Crippen LogP contribution < -0.4 is 46.6 Å². The Bertz CT molecular complexity index is 4990. The van der Waals surface area contributed by atoms with Crippen molar-refractivity contribution < 1.29 is 53.7 Å². The fraction of sp³-hybridized carbons (Fsp3) is 0.268. The number of pyridine rings is 2. The number of anilines is 12.